The van der Waals surface area contributed by atoms with Gasteiger partial charge >= 0.3 is 0 Å². The molecule has 2 nitrogen and oxygen atoms in total. The Morgan fingerprint density at radius 2 is 1.53 bits per heavy atom. The Hall–Kier alpha value is -3.13. The fraction of sp³-hybridized carbons (Fsp3) is 0.300. The molecule has 32 heavy (non-hydrogen) atoms. The Bertz CT molecular complexity index is 1780. The first-order chi connectivity index (χ1) is 17.7. The third-order valence-electron chi connectivity index (χ3n) is 7.70. The molecule has 0 aliphatic carbocycles. The molecule has 0 fully saturated rings. The van der Waals surface area contributed by atoms with E-state index >= 15 is 0 Å². The van der Waals surface area contributed by atoms with E-state index in [0.717, 1.165) is 49.6 Å². The molecular formula is C30H31N2+. The standard InChI is InChI=1S/C30H31N2/c1-18-12-11-15-21-23-19(2)16-17-22-26(23)32-27(30(5,6)29(22,3)4)25(20-13-9-8-10-14-20)31(7)28(32)24(18)21/h8-17H,1-7H3/q+1/i5D3,6D3. The molecule has 0 amide bonds. The van der Waals surface area contributed by atoms with Crippen LogP contribution in [0.4, 0.5) is 0 Å². The summed E-state index contributed by atoms with van der Waals surface area (Å²) in [5, 5.41) is 3.11. The molecule has 0 saturated heterocycles. The van der Waals surface area contributed by atoms with Gasteiger partial charge in [-0.3, -0.25) is 0 Å². The van der Waals surface area contributed by atoms with E-state index in [9.17, 15) is 0 Å². The molecule has 1 aliphatic heterocycles. The number of fused-ring (bicyclic) bond motifs is 3. The van der Waals surface area contributed by atoms with Gasteiger partial charge in [-0.1, -0.05) is 88.2 Å². The first kappa shape index (κ1) is 14.1. The third-order valence-corrected chi connectivity index (χ3v) is 7.70. The van der Waals surface area contributed by atoms with Gasteiger partial charge in [0.2, 0.25) is 0 Å². The van der Waals surface area contributed by atoms with Crippen LogP contribution in [0.5, 0.6) is 0 Å². The lowest BCUT2D eigenvalue weighted by molar-refractivity contribution is -0.632. The smallest absolute Gasteiger partial charge is 0.225 e. The average Bonchev–Trinajstić information content (AvgIpc) is 3.10. The average molecular weight is 426 g/mol. The number of aromatic nitrogens is 2. The molecule has 2 heteroatoms. The van der Waals surface area contributed by atoms with E-state index in [-0.39, 0.29) is 0 Å². The minimum absolute atomic E-state index is 0.333. The van der Waals surface area contributed by atoms with Crippen molar-refractivity contribution >= 4 is 27.3 Å². The molecule has 0 N–H and O–H groups in total. The Morgan fingerprint density at radius 1 is 0.812 bits per heavy atom. The Morgan fingerprint density at radius 3 is 2.25 bits per heavy atom. The lowest BCUT2D eigenvalue weighted by Gasteiger charge is -2.43. The zero-order chi connectivity index (χ0) is 27.6. The number of aryl methyl sites for hydroxylation is 3. The Labute approximate surface area is 198 Å². The molecule has 6 rings (SSSR count). The van der Waals surface area contributed by atoms with Crippen molar-refractivity contribution in [3.8, 4) is 11.3 Å². The summed E-state index contributed by atoms with van der Waals surface area (Å²) in [5.74, 6) is 0. The summed E-state index contributed by atoms with van der Waals surface area (Å²) in [6, 6.07) is 19.7. The van der Waals surface area contributed by atoms with Crippen LogP contribution in [0, 0.1) is 13.8 Å². The first-order valence-electron chi connectivity index (χ1n) is 14.1. The van der Waals surface area contributed by atoms with E-state index in [4.69, 9.17) is 8.22 Å². The summed E-state index contributed by atoms with van der Waals surface area (Å²) in [7, 11) is 1.93. The quantitative estimate of drug-likeness (QED) is 0.203. The van der Waals surface area contributed by atoms with Gasteiger partial charge in [-0.05, 0) is 25.0 Å². The lowest BCUT2D eigenvalue weighted by Crippen LogP contribution is -2.44. The lowest BCUT2D eigenvalue weighted by atomic mass is 9.60. The van der Waals surface area contributed by atoms with Crippen LogP contribution in [0.1, 0.15) is 58.2 Å². The number of pyridine rings is 1. The van der Waals surface area contributed by atoms with Crippen molar-refractivity contribution in [1.29, 1.82) is 0 Å². The first-order valence-corrected chi connectivity index (χ1v) is 11.1. The third kappa shape index (κ3) is 2.09. The normalized spacial score (nSPS) is 20.0. The molecule has 0 atom stereocenters. The topological polar surface area (TPSA) is 8.29 Å². The maximum atomic E-state index is 8.95. The predicted octanol–water partition coefficient (Wildman–Crippen LogP) is 6.92. The number of benzene rings is 3. The van der Waals surface area contributed by atoms with Crippen LogP contribution in [0.2, 0.25) is 0 Å². The fourth-order valence-corrected chi connectivity index (χ4v) is 5.83. The molecule has 0 bridgehead atoms. The predicted molar refractivity (Wildman–Crippen MR) is 135 cm³/mol. The molecule has 3 heterocycles. The second-order valence-electron chi connectivity index (χ2n) is 9.81. The molecule has 0 radical (unpaired) electrons. The van der Waals surface area contributed by atoms with Gasteiger partial charge in [-0.25, -0.2) is 4.57 Å². The van der Waals surface area contributed by atoms with Crippen LogP contribution in [0.3, 0.4) is 0 Å². The van der Waals surface area contributed by atoms with E-state index in [1.54, 1.807) is 13.8 Å². The number of rotatable bonds is 1. The summed E-state index contributed by atoms with van der Waals surface area (Å²) in [4.78, 5) is 0. The summed E-state index contributed by atoms with van der Waals surface area (Å²) >= 11 is 0. The maximum absolute atomic E-state index is 8.95. The molecule has 160 valence electrons. The van der Waals surface area contributed by atoms with Gasteiger partial charge in [0.25, 0.3) is 5.65 Å². The number of hydrogen-bond acceptors (Lipinski definition) is 0. The largest absolute Gasteiger partial charge is 0.295 e. The molecule has 0 saturated carbocycles. The highest BCUT2D eigenvalue weighted by Gasteiger charge is 2.52. The number of hydrogen-bond donors (Lipinski definition) is 0. The van der Waals surface area contributed by atoms with Gasteiger partial charge < -0.3 is 0 Å². The van der Waals surface area contributed by atoms with Crippen LogP contribution >= 0.6 is 0 Å². The SMILES string of the molecule is [2H]C([2H])([2H])C1(C([2H])([2H])[2H])c2c(-c3ccccc3)[n+](C)c3c4c(C)cccc4c4c(C)ccc(c4n23)C1(C)C. The van der Waals surface area contributed by atoms with Gasteiger partial charge in [-0.2, -0.15) is 4.40 Å². The highest BCUT2D eigenvalue weighted by molar-refractivity contribution is 6.15. The highest BCUT2D eigenvalue weighted by Crippen LogP contribution is 2.53. The monoisotopic (exact) mass is 425 g/mol. The van der Waals surface area contributed by atoms with Crippen LogP contribution in [-0.2, 0) is 17.9 Å². The van der Waals surface area contributed by atoms with Crippen molar-refractivity contribution in [2.45, 2.75) is 52.2 Å². The van der Waals surface area contributed by atoms with Crippen molar-refractivity contribution in [3.63, 3.8) is 0 Å². The minimum atomic E-state index is -2.85. The van der Waals surface area contributed by atoms with Crippen LogP contribution in [0.15, 0.2) is 60.7 Å². The highest BCUT2D eigenvalue weighted by atomic mass is 15.1. The van der Waals surface area contributed by atoms with E-state index < -0.39 is 24.5 Å². The molecule has 2 aromatic heterocycles. The van der Waals surface area contributed by atoms with Crippen molar-refractivity contribution in [3.05, 3.63) is 83.0 Å². The van der Waals surface area contributed by atoms with Crippen LogP contribution in [0.25, 0.3) is 38.6 Å². The second kappa shape index (κ2) is 6.01. The van der Waals surface area contributed by atoms with E-state index in [0.29, 0.717) is 11.4 Å². The maximum Gasteiger partial charge on any atom is 0.295 e. The molecule has 0 spiro atoms. The van der Waals surface area contributed by atoms with E-state index in [1.807, 2.05) is 64.5 Å². The summed E-state index contributed by atoms with van der Waals surface area (Å²) in [6.07, 6.45) is 0. The number of nitrogens with zero attached hydrogens (tertiary/aromatic N) is 2. The Kier molecular flexibility index (Phi) is 2.65. The molecule has 5 aromatic rings. The zero-order valence-electron chi connectivity index (χ0n) is 25.2. The van der Waals surface area contributed by atoms with Crippen molar-refractivity contribution in [2.75, 3.05) is 0 Å². The summed E-state index contributed by atoms with van der Waals surface area (Å²) < 4.78 is 57.7. The molecule has 1 aliphatic rings. The van der Waals surface area contributed by atoms with Gasteiger partial charge in [0, 0.05) is 41.0 Å². The van der Waals surface area contributed by atoms with Gasteiger partial charge in [0.15, 0.2) is 11.4 Å². The van der Waals surface area contributed by atoms with E-state index in [2.05, 4.69) is 26.0 Å². The van der Waals surface area contributed by atoms with Gasteiger partial charge in [0.05, 0.1) is 12.4 Å². The Balaban J connectivity index is 2.10. The van der Waals surface area contributed by atoms with Gasteiger partial charge in [-0.15, -0.1) is 0 Å². The zero-order valence-corrected chi connectivity index (χ0v) is 19.2. The fourth-order valence-electron chi connectivity index (χ4n) is 5.83. The van der Waals surface area contributed by atoms with E-state index in [1.165, 1.54) is 0 Å². The summed E-state index contributed by atoms with van der Waals surface area (Å²) in [5.41, 5.74) is 2.84. The minimum Gasteiger partial charge on any atom is -0.225 e. The van der Waals surface area contributed by atoms with Gasteiger partial charge in [0.1, 0.15) is 5.52 Å². The molecule has 3 aromatic carbocycles. The second-order valence-corrected chi connectivity index (χ2v) is 9.81. The van der Waals surface area contributed by atoms with Crippen LogP contribution in [-0.4, -0.2) is 4.40 Å². The molecule has 0 unspecified atom stereocenters. The number of imidazole rings is 1. The van der Waals surface area contributed by atoms with Crippen molar-refractivity contribution in [2.24, 2.45) is 7.05 Å². The van der Waals surface area contributed by atoms with Crippen LogP contribution < -0.4 is 4.57 Å². The van der Waals surface area contributed by atoms with Crippen molar-refractivity contribution in [1.82, 2.24) is 4.40 Å². The molecular weight excluding hydrogens is 388 g/mol. The van der Waals surface area contributed by atoms with Crippen molar-refractivity contribution < 1.29 is 12.8 Å². The summed E-state index contributed by atoms with van der Waals surface area (Å²) in [6.45, 7) is 2.03.